The first-order valence-electron chi connectivity index (χ1n) is 15.7. The van der Waals surface area contributed by atoms with Gasteiger partial charge in [-0.2, -0.15) is 0 Å². The minimum Gasteiger partial charge on any atom is -0.310 e. The second-order valence-corrected chi connectivity index (χ2v) is 14.8. The van der Waals surface area contributed by atoms with Crippen LogP contribution >= 0.6 is 31.9 Å². The zero-order valence-electron chi connectivity index (χ0n) is 26.5. The van der Waals surface area contributed by atoms with Crippen LogP contribution in [0.3, 0.4) is 0 Å². The molecule has 0 aliphatic carbocycles. The Balaban J connectivity index is 0.000000147. The first-order valence-corrected chi connectivity index (χ1v) is 17.3. The average Bonchev–Trinajstić information content (AvgIpc) is 3.07. The summed E-state index contributed by atoms with van der Waals surface area (Å²) < 4.78 is 2.22. The highest BCUT2D eigenvalue weighted by atomic mass is 79.9. The van der Waals surface area contributed by atoms with Crippen LogP contribution < -0.4 is 9.80 Å². The number of benzene rings is 6. The van der Waals surface area contributed by atoms with Crippen LogP contribution in [0.2, 0.25) is 0 Å². The van der Waals surface area contributed by atoms with E-state index in [1.807, 2.05) is 0 Å². The van der Waals surface area contributed by atoms with Gasteiger partial charge in [0.25, 0.3) is 0 Å². The number of para-hydroxylation sites is 4. The molecule has 2 aliphatic rings. The zero-order valence-corrected chi connectivity index (χ0v) is 29.7. The fraction of sp³-hybridized carbons (Fsp3) is 0.143. The van der Waals surface area contributed by atoms with Crippen molar-refractivity contribution < 1.29 is 0 Å². The Hall–Kier alpha value is -4.12. The van der Waals surface area contributed by atoms with Gasteiger partial charge in [-0.1, -0.05) is 132 Å². The van der Waals surface area contributed by atoms with Crippen molar-refractivity contribution in [3.63, 3.8) is 0 Å². The molecule has 0 atom stereocenters. The summed E-state index contributed by atoms with van der Waals surface area (Å²) in [6, 6.07) is 51.8. The molecule has 228 valence electrons. The van der Waals surface area contributed by atoms with E-state index < -0.39 is 0 Å². The molecule has 6 aromatic rings. The summed E-state index contributed by atoms with van der Waals surface area (Å²) in [5.74, 6) is 0. The van der Waals surface area contributed by atoms with Gasteiger partial charge in [-0.15, -0.1) is 0 Å². The largest absolute Gasteiger partial charge is 0.310 e. The maximum atomic E-state index is 3.64. The molecule has 0 saturated carbocycles. The van der Waals surface area contributed by atoms with Crippen molar-refractivity contribution in [2.24, 2.45) is 0 Å². The summed E-state index contributed by atoms with van der Waals surface area (Å²) >= 11 is 7.29. The molecule has 0 spiro atoms. The molecule has 2 nitrogen and oxygen atoms in total. The lowest BCUT2D eigenvalue weighted by Crippen LogP contribution is -2.30. The third-order valence-electron chi connectivity index (χ3n) is 9.41. The van der Waals surface area contributed by atoms with Crippen molar-refractivity contribution in [3.05, 3.63) is 177 Å². The summed E-state index contributed by atoms with van der Waals surface area (Å²) in [5.41, 5.74) is 12.8. The fourth-order valence-corrected chi connectivity index (χ4v) is 7.78. The Morgan fingerprint density at radius 1 is 0.370 bits per heavy atom. The van der Waals surface area contributed by atoms with Crippen LogP contribution in [0.15, 0.2) is 155 Å². The lowest BCUT2D eigenvalue weighted by Gasteiger charge is -2.42. The molecule has 6 aromatic carbocycles. The topological polar surface area (TPSA) is 6.48 Å². The van der Waals surface area contributed by atoms with E-state index in [0.29, 0.717) is 0 Å². The van der Waals surface area contributed by atoms with Crippen molar-refractivity contribution in [2.75, 3.05) is 9.80 Å². The maximum Gasteiger partial charge on any atom is 0.0503 e. The first kappa shape index (κ1) is 30.5. The predicted octanol–water partition coefficient (Wildman–Crippen LogP) is 13.1. The number of fused-ring (bicyclic) bond motifs is 4. The number of nitrogens with zero attached hydrogens (tertiary/aromatic N) is 2. The molecule has 46 heavy (non-hydrogen) atoms. The van der Waals surface area contributed by atoms with Gasteiger partial charge in [-0.25, -0.2) is 0 Å². The Morgan fingerprint density at radius 2 is 0.696 bits per heavy atom. The van der Waals surface area contributed by atoms with Crippen molar-refractivity contribution in [1.29, 1.82) is 0 Å². The Kier molecular flexibility index (Phi) is 7.91. The highest BCUT2D eigenvalue weighted by Crippen LogP contribution is 2.53. The van der Waals surface area contributed by atoms with E-state index in [0.717, 1.165) is 8.95 Å². The summed E-state index contributed by atoms with van der Waals surface area (Å²) in [7, 11) is 0. The van der Waals surface area contributed by atoms with Gasteiger partial charge >= 0.3 is 0 Å². The Bertz CT molecular complexity index is 1930. The van der Waals surface area contributed by atoms with Gasteiger partial charge in [0.15, 0.2) is 0 Å². The summed E-state index contributed by atoms with van der Waals surface area (Å²) in [6.45, 7) is 9.22. The van der Waals surface area contributed by atoms with Gasteiger partial charge in [0.1, 0.15) is 0 Å². The van der Waals surface area contributed by atoms with Gasteiger partial charge in [-0.3, -0.25) is 0 Å². The van der Waals surface area contributed by atoms with Crippen LogP contribution in [-0.2, 0) is 10.8 Å². The van der Waals surface area contributed by atoms with E-state index in [1.54, 1.807) is 0 Å². The van der Waals surface area contributed by atoms with E-state index >= 15 is 0 Å². The lowest BCUT2D eigenvalue weighted by molar-refractivity contribution is 0.631. The number of halogens is 2. The summed E-state index contributed by atoms with van der Waals surface area (Å²) in [6.07, 6.45) is 0. The average molecular weight is 729 g/mol. The summed E-state index contributed by atoms with van der Waals surface area (Å²) in [5, 5.41) is 0. The van der Waals surface area contributed by atoms with Crippen LogP contribution in [0, 0.1) is 0 Å². The van der Waals surface area contributed by atoms with Crippen LogP contribution in [0.25, 0.3) is 0 Å². The number of anilines is 6. The Morgan fingerprint density at radius 3 is 1.11 bits per heavy atom. The normalized spacial score (nSPS) is 15.0. The SMILES string of the molecule is CC1(C)c2cc(Br)ccc2N(c2ccccc2)c2ccc(Br)cc21.CC1(C)c2ccccc2N(c2ccccc2)c2ccccc21. The molecule has 0 fully saturated rings. The fourth-order valence-electron chi connectivity index (χ4n) is 7.06. The van der Waals surface area contributed by atoms with Crippen molar-refractivity contribution in [1.82, 2.24) is 0 Å². The first-order chi connectivity index (χ1) is 22.2. The number of hydrogen-bond donors (Lipinski definition) is 0. The molecule has 0 unspecified atom stereocenters. The molecule has 0 aromatic heterocycles. The van der Waals surface area contributed by atoms with Gasteiger partial charge in [0, 0.05) is 31.2 Å². The summed E-state index contributed by atoms with van der Waals surface area (Å²) in [4.78, 5) is 4.73. The highest BCUT2D eigenvalue weighted by molar-refractivity contribution is 9.10. The van der Waals surface area contributed by atoms with Gasteiger partial charge in [-0.05, 0) is 95.1 Å². The minimum atomic E-state index is -0.0660. The molecule has 2 aliphatic heterocycles. The van der Waals surface area contributed by atoms with Crippen LogP contribution in [0.4, 0.5) is 34.1 Å². The van der Waals surface area contributed by atoms with Crippen molar-refractivity contribution in [3.8, 4) is 0 Å². The molecule has 0 N–H and O–H groups in total. The third-order valence-corrected chi connectivity index (χ3v) is 10.4. The Labute approximate surface area is 289 Å². The van der Waals surface area contributed by atoms with Crippen LogP contribution in [-0.4, -0.2) is 0 Å². The van der Waals surface area contributed by atoms with Gasteiger partial charge in [0.2, 0.25) is 0 Å². The van der Waals surface area contributed by atoms with E-state index in [2.05, 4.69) is 215 Å². The molecule has 2 heterocycles. The van der Waals surface area contributed by atoms with Crippen molar-refractivity contribution >= 4 is 66.0 Å². The van der Waals surface area contributed by atoms with Crippen LogP contribution in [0.5, 0.6) is 0 Å². The standard InChI is InChI=1S/C21H17Br2N.C21H19N/c1-21(2)17-12-14(22)8-10-19(17)24(16-6-4-3-5-7-16)20-11-9-15(23)13-18(20)21;1-21(2)17-12-6-8-14-19(17)22(16-10-4-3-5-11-16)20-15-9-7-13-18(20)21/h3-13H,1-2H3;3-15H,1-2H3. The second-order valence-electron chi connectivity index (χ2n) is 12.9. The number of hydrogen-bond acceptors (Lipinski definition) is 2. The quantitative estimate of drug-likeness (QED) is 0.175. The van der Waals surface area contributed by atoms with Crippen molar-refractivity contribution in [2.45, 2.75) is 38.5 Å². The zero-order chi connectivity index (χ0) is 32.1. The van der Waals surface area contributed by atoms with E-state index in [9.17, 15) is 0 Å². The smallest absolute Gasteiger partial charge is 0.0503 e. The molecular formula is C42H36Br2N2. The van der Waals surface area contributed by atoms with Gasteiger partial charge < -0.3 is 9.80 Å². The highest BCUT2D eigenvalue weighted by Gasteiger charge is 2.38. The predicted molar refractivity (Wildman–Crippen MR) is 202 cm³/mol. The van der Waals surface area contributed by atoms with E-state index in [1.165, 1.54) is 56.4 Å². The molecule has 0 radical (unpaired) electrons. The minimum absolute atomic E-state index is 0.0124. The monoisotopic (exact) mass is 726 g/mol. The molecule has 4 heteroatoms. The second kappa shape index (κ2) is 11.9. The van der Waals surface area contributed by atoms with Gasteiger partial charge in [0.05, 0.1) is 22.7 Å². The number of rotatable bonds is 2. The molecule has 8 rings (SSSR count). The molecule has 0 saturated heterocycles. The molecule has 0 bridgehead atoms. The van der Waals surface area contributed by atoms with E-state index in [4.69, 9.17) is 0 Å². The maximum absolute atomic E-state index is 3.64. The van der Waals surface area contributed by atoms with Crippen LogP contribution in [0.1, 0.15) is 49.9 Å². The lowest BCUT2D eigenvalue weighted by atomic mass is 9.73. The third kappa shape index (κ3) is 5.18. The van der Waals surface area contributed by atoms with E-state index in [-0.39, 0.29) is 10.8 Å². The molecule has 0 amide bonds. The molecular weight excluding hydrogens is 692 g/mol.